The van der Waals surface area contributed by atoms with Crippen LogP contribution < -0.4 is 0 Å². The predicted octanol–water partition coefficient (Wildman–Crippen LogP) is 1.44. The first-order valence-electron chi connectivity index (χ1n) is 2.10. The van der Waals surface area contributed by atoms with E-state index in [1.165, 1.54) is 0 Å². The molecule has 2 nitrogen and oxygen atoms in total. The average molecular weight is 118 g/mol. The van der Waals surface area contributed by atoms with E-state index in [0.29, 0.717) is 6.61 Å². The van der Waals surface area contributed by atoms with Gasteiger partial charge in [-0.15, -0.1) is 0 Å². The van der Waals surface area contributed by atoms with Gasteiger partial charge in [0.1, 0.15) is 0 Å². The molecule has 0 amide bonds. The Labute approximate surface area is 42.6 Å². The van der Waals surface area contributed by atoms with E-state index in [-0.39, 0.29) is 0 Å². The molecule has 3 heteroatoms. The Balaban J connectivity index is 2.77. The van der Waals surface area contributed by atoms with Crippen LogP contribution in [-0.2, 0) is 9.09 Å². The Bertz CT molecular complexity index is 139. The van der Waals surface area contributed by atoms with Crippen LogP contribution in [0.2, 0.25) is 0 Å². The summed E-state index contributed by atoms with van der Waals surface area (Å²) in [5.74, 6) is 1.63. The Morgan fingerprint density at radius 1 is 1.86 bits per heavy atom. The molecule has 1 heterocycles. The molecule has 0 unspecified atom stereocenters. The molecule has 0 spiro atoms. The first-order valence-corrected chi connectivity index (χ1v) is 4.24. The fourth-order valence-electron chi connectivity index (χ4n) is 0.469. The Kier molecular flexibility index (Phi) is 1.06. The van der Waals surface area contributed by atoms with Crippen molar-refractivity contribution in [2.45, 2.75) is 0 Å². The second kappa shape index (κ2) is 1.46. The minimum atomic E-state index is -2.22. The van der Waals surface area contributed by atoms with E-state index in [4.69, 9.17) is 4.52 Å². The monoisotopic (exact) mass is 118 g/mol. The maximum absolute atomic E-state index is 10.7. The van der Waals surface area contributed by atoms with Gasteiger partial charge >= 0.3 is 0 Å². The average Bonchev–Trinajstić information content (AvgIpc) is 1.84. The van der Waals surface area contributed by atoms with E-state index in [1.54, 1.807) is 18.6 Å². The predicted molar refractivity (Wildman–Crippen MR) is 28.6 cm³/mol. The molecule has 0 saturated carbocycles. The summed E-state index contributed by atoms with van der Waals surface area (Å²) in [6.45, 7) is 2.13. The highest BCUT2D eigenvalue weighted by molar-refractivity contribution is 7.61. The molecule has 0 saturated heterocycles. The van der Waals surface area contributed by atoms with Gasteiger partial charge in [0.25, 0.3) is 0 Å². The van der Waals surface area contributed by atoms with Crippen LogP contribution >= 0.6 is 7.37 Å². The fourth-order valence-corrected chi connectivity index (χ4v) is 1.41. The molecular formula is C4H7O2P. The van der Waals surface area contributed by atoms with Crippen molar-refractivity contribution in [1.29, 1.82) is 0 Å². The highest BCUT2D eigenvalue weighted by Crippen LogP contribution is 2.47. The zero-order chi connectivity index (χ0) is 5.33. The van der Waals surface area contributed by atoms with Gasteiger partial charge in [-0.2, -0.15) is 0 Å². The van der Waals surface area contributed by atoms with E-state index in [2.05, 4.69) is 0 Å². The SMILES string of the molecule is C[P@@]1(=O)C=CCO1. The summed E-state index contributed by atoms with van der Waals surface area (Å²) in [5, 5.41) is 0. The molecule has 0 N–H and O–H groups in total. The molecule has 0 aliphatic carbocycles. The van der Waals surface area contributed by atoms with Gasteiger partial charge in [-0.1, -0.05) is 6.08 Å². The number of hydrogen-bond acceptors (Lipinski definition) is 2. The molecule has 0 bridgehead atoms. The molecule has 0 aromatic carbocycles. The third kappa shape index (κ3) is 1.15. The summed E-state index contributed by atoms with van der Waals surface area (Å²) in [6, 6.07) is 0. The minimum Gasteiger partial charge on any atom is -0.322 e. The molecule has 1 rings (SSSR count). The van der Waals surface area contributed by atoms with Crippen molar-refractivity contribution < 1.29 is 9.09 Å². The Hall–Kier alpha value is -0.0700. The third-order valence-corrected chi connectivity index (χ3v) is 2.22. The van der Waals surface area contributed by atoms with Crippen molar-refractivity contribution in [1.82, 2.24) is 0 Å². The molecule has 0 aromatic heterocycles. The van der Waals surface area contributed by atoms with Gasteiger partial charge in [-0.05, 0) is 5.82 Å². The molecule has 1 aliphatic rings. The maximum atomic E-state index is 10.7. The van der Waals surface area contributed by atoms with Gasteiger partial charge in [-0.3, -0.25) is 4.57 Å². The Morgan fingerprint density at radius 3 is 2.71 bits per heavy atom. The summed E-state index contributed by atoms with van der Waals surface area (Å²) in [6.07, 6.45) is 1.78. The van der Waals surface area contributed by atoms with Gasteiger partial charge in [0.2, 0.25) is 7.37 Å². The molecule has 1 atom stereocenters. The lowest BCUT2D eigenvalue weighted by Crippen LogP contribution is -1.74. The van der Waals surface area contributed by atoms with Crippen LogP contribution in [-0.4, -0.2) is 13.3 Å². The van der Waals surface area contributed by atoms with Crippen molar-refractivity contribution in [2.75, 3.05) is 13.3 Å². The normalized spacial score (nSPS) is 39.6. The standard InChI is InChI=1S/C4H7O2P/c1-7(5)4-2-3-6-7/h2,4H,3H2,1H3/t7-/m0/s1. The lowest BCUT2D eigenvalue weighted by atomic mass is 10.7. The van der Waals surface area contributed by atoms with Crippen LogP contribution in [0.1, 0.15) is 0 Å². The summed E-state index contributed by atoms with van der Waals surface area (Å²) >= 11 is 0. The van der Waals surface area contributed by atoms with Gasteiger partial charge in [0, 0.05) is 6.66 Å². The molecule has 1 aliphatic heterocycles. The van der Waals surface area contributed by atoms with Crippen LogP contribution in [0.5, 0.6) is 0 Å². The van der Waals surface area contributed by atoms with Gasteiger partial charge in [0.05, 0.1) is 6.61 Å². The first-order chi connectivity index (χ1) is 3.21. The molecule has 0 aromatic rings. The van der Waals surface area contributed by atoms with Gasteiger partial charge in [-0.25, -0.2) is 0 Å². The second-order valence-corrected chi connectivity index (χ2v) is 3.96. The highest BCUT2D eigenvalue weighted by Gasteiger charge is 2.13. The van der Waals surface area contributed by atoms with Crippen molar-refractivity contribution in [3.05, 3.63) is 11.9 Å². The first kappa shape index (κ1) is 5.07. The van der Waals surface area contributed by atoms with Crippen molar-refractivity contribution in [2.24, 2.45) is 0 Å². The van der Waals surface area contributed by atoms with Crippen LogP contribution in [0.15, 0.2) is 11.9 Å². The molecular weight excluding hydrogens is 111 g/mol. The van der Waals surface area contributed by atoms with E-state index < -0.39 is 7.37 Å². The fraction of sp³-hybridized carbons (Fsp3) is 0.500. The zero-order valence-electron chi connectivity index (χ0n) is 4.13. The van der Waals surface area contributed by atoms with Crippen LogP contribution in [0.25, 0.3) is 0 Å². The highest BCUT2D eigenvalue weighted by atomic mass is 31.2. The van der Waals surface area contributed by atoms with E-state index >= 15 is 0 Å². The summed E-state index contributed by atoms with van der Waals surface area (Å²) in [4.78, 5) is 0. The third-order valence-electron chi connectivity index (χ3n) is 0.803. The number of rotatable bonds is 0. The second-order valence-electron chi connectivity index (χ2n) is 1.59. The topological polar surface area (TPSA) is 26.3 Å². The molecule has 0 radical (unpaired) electrons. The van der Waals surface area contributed by atoms with Crippen LogP contribution in [0.3, 0.4) is 0 Å². The smallest absolute Gasteiger partial charge is 0.222 e. The molecule has 7 heavy (non-hydrogen) atoms. The van der Waals surface area contributed by atoms with E-state index in [1.807, 2.05) is 0 Å². The van der Waals surface area contributed by atoms with E-state index in [9.17, 15) is 4.57 Å². The lowest BCUT2D eigenvalue weighted by Gasteiger charge is -1.96. The van der Waals surface area contributed by atoms with Crippen molar-refractivity contribution in [3.63, 3.8) is 0 Å². The summed E-state index contributed by atoms with van der Waals surface area (Å²) in [5.41, 5.74) is 0. The van der Waals surface area contributed by atoms with Crippen molar-refractivity contribution >= 4 is 7.37 Å². The number of hydrogen-bond donors (Lipinski definition) is 0. The Morgan fingerprint density at radius 2 is 2.57 bits per heavy atom. The maximum Gasteiger partial charge on any atom is 0.222 e. The van der Waals surface area contributed by atoms with Gasteiger partial charge < -0.3 is 4.52 Å². The van der Waals surface area contributed by atoms with Crippen LogP contribution in [0, 0.1) is 0 Å². The molecule has 40 valence electrons. The lowest BCUT2D eigenvalue weighted by molar-refractivity contribution is 0.375. The van der Waals surface area contributed by atoms with Gasteiger partial charge in [0.15, 0.2) is 0 Å². The summed E-state index contributed by atoms with van der Waals surface area (Å²) in [7, 11) is -2.22. The molecule has 0 fully saturated rings. The summed E-state index contributed by atoms with van der Waals surface area (Å²) < 4.78 is 15.5. The minimum absolute atomic E-state index is 0.522. The quantitative estimate of drug-likeness (QED) is 0.450. The zero-order valence-corrected chi connectivity index (χ0v) is 5.02. The van der Waals surface area contributed by atoms with Crippen molar-refractivity contribution in [3.8, 4) is 0 Å². The van der Waals surface area contributed by atoms with Crippen LogP contribution in [0.4, 0.5) is 0 Å². The van der Waals surface area contributed by atoms with E-state index in [0.717, 1.165) is 0 Å². The largest absolute Gasteiger partial charge is 0.322 e.